The molecule has 1 aromatic carbocycles. The van der Waals surface area contributed by atoms with Crippen molar-refractivity contribution in [2.24, 2.45) is 0 Å². The van der Waals surface area contributed by atoms with Crippen LogP contribution < -0.4 is 15.4 Å². The van der Waals surface area contributed by atoms with Gasteiger partial charge in [0.15, 0.2) is 12.7 Å². The largest absolute Gasteiger partial charge is 0.482 e. The summed E-state index contributed by atoms with van der Waals surface area (Å²) in [6.07, 6.45) is 4.02. The molecule has 3 amide bonds. The van der Waals surface area contributed by atoms with E-state index in [0.29, 0.717) is 10.8 Å². The Morgan fingerprint density at radius 1 is 1.23 bits per heavy atom. The summed E-state index contributed by atoms with van der Waals surface area (Å²) in [7, 11) is 0. The molecule has 7 nitrogen and oxygen atoms in total. The van der Waals surface area contributed by atoms with Gasteiger partial charge in [0.25, 0.3) is 5.91 Å². The zero-order valence-electron chi connectivity index (χ0n) is 14.6. The minimum atomic E-state index is -1.11. The lowest BCUT2D eigenvalue weighted by molar-refractivity contribution is -0.156. The molecule has 1 fully saturated rings. The summed E-state index contributed by atoms with van der Waals surface area (Å²) in [4.78, 5) is 35.5. The maximum Gasteiger partial charge on any atom is 0.344 e. The number of carbonyl (C=O) groups excluding carboxylic acids is 3. The van der Waals surface area contributed by atoms with Crippen molar-refractivity contribution in [1.29, 1.82) is 0 Å². The first-order valence-electron chi connectivity index (χ1n) is 8.63. The molecule has 1 atom stereocenters. The van der Waals surface area contributed by atoms with E-state index in [1.165, 1.54) is 13.3 Å². The van der Waals surface area contributed by atoms with Crippen molar-refractivity contribution in [3.05, 3.63) is 29.3 Å². The molecule has 0 spiro atoms. The normalized spacial score (nSPS) is 15.6. The number of nitrogens with one attached hydrogen (secondary N) is 2. The molecule has 1 aliphatic carbocycles. The first-order chi connectivity index (χ1) is 12.4. The number of halogens is 1. The molecule has 1 aliphatic rings. The van der Waals surface area contributed by atoms with Gasteiger partial charge in [-0.1, -0.05) is 36.9 Å². The summed E-state index contributed by atoms with van der Waals surface area (Å²) in [5.41, 5.74) is 0. The SMILES string of the molecule is C[C@H](OC(=O)COc1cccc(Cl)c1)C(=O)NC(=O)NC1CCCCC1. The Morgan fingerprint density at radius 3 is 2.65 bits per heavy atom. The van der Waals surface area contributed by atoms with Gasteiger partial charge in [0.1, 0.15) is 5.75 Å². The fraction of sp³-hybridized carbons (Fsp3) is 0.500. The summed E-state index contributed by atoms with van der Waals surface area (Å²) in [5.74, 6) is -0.992. The number of carbonyl (C=O) groups is 3. The minimum Gasteiger partial charge on any atom is -0.482 e. The maximum atomic E-state index is 11.9. The molecule has 1 saturated carbocycles. The average molecular weight is 383 g/mol. The third kappa shape index (κ3) is 6.92. The summed E-state index contributed by atoms with van der Waals surface area (Å²) < 4.78 is 10.2. The molecule has 1 aromatic rings. The Bertz CT molecular complexity index is 646. The predicted molar refractivity (Wildman–Crippen MR) is 96.0 cm³/mol. The van der Waals surface area contributed by atoms with Crippen LogP contribution in [-0.4, -0.2) is 36.7 Å². The molecule has 2 rings (SSSR count). The van der Waals surface area contributed by atoms with Gasteiger partial charge in [-0.05, 0) is 38.0 Å². The van der Waals surface area contributed by atoms with E-state index in [0.717, 1.165) is 25.7 Å². The van der Waals surface area contributed by atoms with E-state index in [1.807, 2.05) is 0 Å². The van der Waals surface area contributed by atoms with Crippen LogP contribution >= 0.6 is 11.6 Å². The van der Waals surface area contributed by atoms with Crippen LogP contribution in [0.4, 0.5) is 4.79 Å². The zero-order chi connectivity index (χ0) is 18.9. The average Bonchev–Trinajstić information content (AvgIpc) is 2.60. The van der Waals surface area contributed by atoms with Crippen molar-refractivity contribution in [2.75, 3.05) is 6.61 Å². The van der Waals surface area contributed by atoms with Gasteiger partial charge in [-0.25, -0.2) is 9.59 Å². The van der Waals surface area contributed by atoms with E-state index in [9.17, 15) is 14.4 Å². The zero-order valence-corrected chi connectivity index (χ0v) is 15.4. The number of amides is 3. The van der Waals surface area contributed by atoms with E-state index in [4.69, 9.17) is 21.1 Å². The Morgan fingerprint density at radius 2 is 1.96 bits per heavy atom. The molecule has 0 saturated heterocycles. The highest BCUT2D eigenvalue weighted by molar-refractivity contribution is 6.30. The molecule has 0 aliphatic heterocycles. The van der Waals surface area contributed by atoms with Crippen molar-refractivity contribution in [2.45, 2.75) is 51.2 Å². The smallest absolute Gasteiger partial charge is 0.344 e. The molecule has 0 radical (unpaired) electrons. The number of hydrogen-bond donors (Lipinski definition) is 2. The van der Waals surface area contributed by atoms with E-state index in [-0.39, 0.29) is 12.6 Å². The quantitative estimate of drug-likeness (QED) is 0.738. The van der Waals surface area contributed by atoms with Gasteiger partial charge in [-0.3, -0.25) is 10.1 Å². The van der Waals surface area contributed by atoms with Crippen molar-refractivity contribution < 1.29 is 23.9 Å². The third-order valence-corrected chi connectivity index (χ3v) is 4.24. The number of esters is 1. The van der Waals surface area contributed by atoms with Crippen molar-refractivity contribution in [3.8, 4) is 5.75 Å². The Labute approximate surface area is 157 Å². The molecule has 2 N–H and O–H groups in total. The highest BCUT2D eigenvalue weighted by atomic mass is 35.5. The molecule has 142 valence electrons. The summed E-state index contributed by atoms with van der Waals surface area (Å²) in [5, 5.41) is 5.43. The standard InChI is InChI=1S/C18H23ClN2O5/c1-12(17(23)21-18(24)20-14-7-3-2-4-8-14)26-16(22)11-25-15-9-5-6-13(19)10-15/h5-6,9-10,12,14H,2-4,7-8,11H2,1H3,(H2,20,21,23,24)/t12-/m0/s1. The Kier molecular flexibility index (Phi) is 7.72. The van der Waals surface area contributed by atoms with Gasteiger partial charge in [-0.2, -0.15) is 0 Å². The molecular weight excluding hydrogens is 360 g/mol. The molecule has 26 heavy (non-hydrogen) atoms. The number of hydrogen-bond acceptors (Lipinski definition) is 5. The number of imide groups is 1. The van der Waals surface area contributed by atoms with Gasteiger partial charge >= 0.3 is 12.0 Å². The first-order valence-corrected chi connectivity index (χ1v) is 9.01. The van der Waals surface area contributed by atoms with Crippen LogP contribution in [0.2, 0.25) is 5.02 Å². The van der Waals surface area contributed by atoms with E-state index < -0.39 is 24.0 Å². The van der Waals surface area contributed by atoms with Gasteiger partial charge in [0.05, 0.1) is 0 Å². The van der Waals surface area contributed by atoms with E-state index in [1.54, 1.807) is 24.3 Å². The van der Waals surface area contributed by atoms with Gasteiger partial charge in [-0.15, -0.1) is 0 Å². The lowest BCUT2D eigenvalue weighted by Gasteiger charge is -2.23. The molecule has 8 heteroatoms. The minimum absolute atomic E-state index is 0.0838. The summed E-state index contributed by atoms with van der Waals surface area (Å²) in [6.45, 7) is 1.02. The highest BCUT2D eigenvalue weighted by Crippen LogP contribution is 2.18. The van der Waals surface area contributed by atoms with Gasteiger partial charge in [0.2, 0.25) is 0 Å². The van der Waals surface area contributed by atoms with Crippen LogP contribution in [-0.2, 0) is 14.3 Å². The number of rotatable bonds is 6. The van der Waals surface area contributed by atoms with Crippen molar-refractivity contribution in [1.82, 2.24) is 10.6 Å². The molecular formula is C18H23ClN2O5. The molecule has 0 aromatic heterocycles. The second-order valence-corrected chi connectivity index (χ2v) is 6.61. The van der Waals surface area contributed by atoms with E-state index >= 15 is 0 Å². The fourth-order valence-electron chi connectivity index (χ4n) is 2.67. The van der Waals surface area contributed by atoms with Crippen LogP contribution in [0.3, 0.4) is 0 Å². The predicted octanol–water partition coefficient (Wildman–Crippen LogP) is 2.81. The topological polar surface area (TPSA) is 93.7 Å². The first kappa shape index (κ1) is 20.0. The highest BCUT2D eigenvalue weighted by Gasteiger charge is 2.22. The third-order valence-electron chi connectivity index (χ3n) is 4.01. The van der Waals surface area contributed by atoms with Crippen LogP contribution in [0.25, 0.3) is 0 Å². The van der Waals surface area contributed by atoms with Crippen LogP contribution in [0.1, 0.15) is 39.0 Å². The Balaban J connectivity index is 1.69. The van der Waals surface area contributed by atoms with E-state index in [2.05, 4.69) is 10.6 Å². The van der Waals surface area contributed by atoms with Crippen LogP contribution in [0, 0.1) is 0 Å². The molecule has 0 heterocycles. The molecule has 0 bridgehead atoms. The summed E-state index contributed by atoms with van der Waals surface area (Å²) in [6, 6.07) is 6.08. The van der Waals surface area contributed by atoms with Crippen molar-refractivity contribution in [3.63, 3.8) is 0 Å². The number of benzene rings is 1. The maximum absolute atomic E-state index is 11.9. The summed E-state index contributed by atoms with van der Waals surface area (Å²) >= 11 is 5.82. The van der Waals surface area contributed by atoms with Crippen LogP contribution in [0.15, 0.2) is 24.3 Å². The monoisotopic (exact) mass is 382 g/mol. The number of ether oxygens (including phenoxy) is 2. The second kappa shape index (κ2) is 10.0. The second-order valence-electron chi connectivity index (χ2n) is 6.18. The number of urea groups is 1. The lowest BCUT2D eigenvalue weighted by Crippen LogP contribution is -2.48. The van der Waals surface area contributed by atoms with Gasteiger partial charge < -0.3 is 14.8 Å². The van der Waals surface area contributed by atoms with Gasteiger partial charge in [0, 0.05) is 11.1 Å². The Hall–Kier alpha value is -2.28. The lowest BCUT2D eigenvalue weighted by atomic mass is 9.96. The van der Waals surface area contributed by atoms with Crippen LogP contribution in [0.5, 0.6) is 5.75 Å². The van der Waals surface area contributed by atoms with Crippen molar-refractivity contribution >= 4 is 29.5 Å². The molecule has 0 unspecified atom stereocenters. The fourth-order valence-corrected chi connectivity index (χ4v) is 2.85.